The Labute approximate surface area is 388 Å². The van der Waals surface area contributed by atoms with Crippen LogP contribution in [0.1, 0.15) is 152 Å². The Balaban J connectivity index is 1.50. The van der Waals surface area contributed by atoms with E-state index in [0.29, 0.717) is 44.0 Å². The second-order valence-electron chi connectivity index (χ2n) is 18.5. The number of amides is 1. The first-order valence-corrected chi connectivity index (χ1v) is 25.0. The van der Waals surface area contributed by atoms with E-state index in [-0.39, 0.29) is 62.3 Å². The molecule has 7 atom stereocenters. The first-order chi connectivity index (χ1) is 31.9. The molecule has 6 rings (SSSR count). The van der Waals surface area contributed by atoms with Crippen molar-refractivity contribution in [2.45, 2.75) is 166 Å². The highest BCUT2D eigenvalue weighted by atomic mass is 19.1. The van der Waals surface area contributed by atoms with E-state index in [4.69, 9.17) is 28.9 Å². The van der Waals surface area contributed by atoms with E-state index in [1.54, 1.807) is 24.3 Å². The summed E-state index contributed by atoms with van der Waals surface area (Å²) >= 11 is 0. The largest absolute Gasteiger partial charge is 0.490 e. The molecule has 2 aliphatic heterocycles. The molecule has 2 fully saturated rings. The van der Waals surface area contributed by atoms with Crippen LogP contribution in [0.2, 0.25) is 0 Å². The number of unbranched alkanes of at least 4 members (excludes halogenated alkanes) is 10. The molecule has 2 heterocycles. The van der Waals surface area contributed by atoms with E-state index in [1.807, 2.05) is 17.0 Å². The van der Waals surface area contributed by atoms with Gasteiger partial charge in [-0.25, -0.2) is 4.39 Å². The quantitative estimate of drug-likeness (QED) is 0.0471. The number of benzene rings is 2. The maximum Gasteiger partial charge on any atom is 0.239 e. The van der Waals surface area contributed by atoms with Crippen LogP contribution in [0, 0.1) is 23.6 Å². The number of aliphatic hydroxyl groups is 2. The van der Waals surface area contributed by atoms with Crippen molar-refractivity contribution in [2.75, 3.05) is 33.0 Å². The van der Waals surface area contributed by atoms with Crippen LogP contribution in [0.15, 0.2) is 84.6 Å². The van der Waals surface area contributed by atoms with Gasteiger partial charge in [-0.15, -0.1) is 6.58 Å². The Kier molecular flexibility index (Phi) is 20.4. The van der Waals surface area contributed by atoms with E-state index in [9.17, 15) is 14.6 Å². The molecule has 4 aliphatic rings. The van der Waals surface area contributed by atoms with Crippen LogP contribution in [0.25, 0.3) is 0 Å². The molecule has 65 heavy (non-hydrogen) atoms. The maximum absolute atomic E-state index is 15.1. The summed E-state index contributed by atoms with van der Waals surface area (Å²) in [5.41, 5.74) is 3.48. The minimum atomic E-state index is -1.40. The van der Waals surface area contributed by atoms with Crippen molar-refractivity contribution in [3.63, 3.8) is 0 Å². The van der Waals surface area contributed by atoms with Crippen molar-refractivity contribution in [2.24, 2.45) is 22.9 Å². The summed E-state index contributed by atoms with van der Waals surface area (Å²) in [7, 11) is 0. The minimum absolute atomic E-state index is 0.0246. The van der Waals surface area contributed by atoms with Crippen LogP contribution in [-0.4, -0.2) is 77.9 Å². The number of aliphatic hydroxyl groups excluding tert-OH is 2. The van der Waals surface area contributed by atoms with Crippen LogP contribution in [-0.2, 0) is 25.7 Å². The summed E-state index contributed by atoms with van der Waals surface area (Å²) < 4.78 is 41.3. The predicted molar refractivity (Wildman–Crippen MR) is 254 cm³/mol. The van der Waals surface area contributed by atoms with Gasteiger partial charge in [-0.05, 0) is 98.2 Å². The third-order valence-corrected chi connectivity index (χ3v) is 13.9. The second-order valence-corrected chi connectivity index (χ2v) is 18.5. The molecule has 11 heteroatoms. The summed E-state index contributed by atoms with van der Waals surface area (Å²) in [5, 5.41) is 25.0. The van der Waals surface area contributed by atoms with Crippen LogP contribution in [0.3, 0.4) is 0 Å². The average Bonchev–Trinajstić information content (AvgIpc) is 3.32. The zero-order valence-electron chi connectivity index (χ0n) is 39.2. The molecule has 358 valence electrons. The minimum Gasteiger partial charge on any atom is -0.490 e. The normalized spacial score (nSPS) is 25.2. The Morgan fingerprint density at radius 1 is 0.908 bits per heavy atom. The molecule has 0 bridgehead atoms. The number of fused-ring (bicyclic) bond motifs is 2. The van der Waals surface area contributed by atoms with Gasteiger partial charge >= 0.3 is 0 Å². The Morgan fingerprint density at radius 2 is 1.63 bits per heavy atom. The van der Waals surface area contributed by atoms with E-state index in [2.05, 4.69) is 32.2 Å². The van der Waals surface area contributed by atoms with Gasteiger partial charge in [0.15, 0.2) is 0 Å². The third-order valence-electron chi connectivity index (χ3n) is 13.9. The monoisotopic (exact) mass is 901 g/mol. The highest BCUT2D eigenvalue weighted by molar-refractivity contribution is 6.03. The molecular weight excluding hydrogens is 824 g/mol. The van der Waals surface area contributed by atoms with Gasteiger partial charge in [-0.3, -0.25) is 4.79 Å². The molecule has 0 spiro atoms. The van der Waals surface area contributed by atoms with Gasteiger partial charge < -0.3 is 38.9 Å². The summed E-state index contributed by atoms with van der Waals surface area (Å²) in [6, 6.07) is 11.7. The van der Waals surface area contributed by atoms with Crippen molar-refractivity contribution >= 4 is 11.6 Å². The van der Waals surface area contributed by atoms with E-state index in [1.165, 1.54) is 44.2 Å². The number of rotatable bonds is 29. The van der Waals surface area contributed by atoms with Crippen molar-refractivity contribution in [1.82, 2.24) is 4.90 Å². The summed E-state index contributed by atoms with van der Waals surface area (Å²) in [5.74, 6) is -0.890. The number of carbonyl (C=O) groups excluding carboxylic acids is 1. The first-order valence-electron chi connectivity index (χ1n) is 25.0. The summed E-state index contributed by atoms with van der Waals surface area (Å²) in [4.78, 5) is 23.4. The molecular formula is C54H77FN2O8. The van der Waals surface area contributed by atoms with Crippen LogP contribution >= 0.6 is 0 Å². The molecule has 2 aromatic carbocycles. The van der Waals surface area contributed by atoms with Crippen LogP contribution in [0.4, 0.5) is 4.39 Å². The molecule has 0 radical (unpaired) electrons. The number of hydrogen-bond donors (Lipinski definition) is 2. The number of halogens is 1. The molecule has 1 saturated heterocycles. The number of hydrogen-bond acceptors (Lipinski definition) is 9. The van der Waals surface area contributed by atoms with Crippen molar-refractivity contribution < 1.29 is 43.2 Å². The lowest BCUT2D eigenvalue weighted by Crippen LogP contribution is -2.70. The number of carbonyl (C=O) groups is 1. The van der Waals surface area contributed by atoms with Crippen LogP contribution < -0.4 is 9.47 Å². The third kappa shape index (κ3) is 13.3. The van der Waals surface area contributed by atoms with Gasteiger partial charge in [0.1, 0.15) is 30.0 Å². The molecule has 2 aromatic rings. The molecule has 2 N–H and O–H groups in total. The van der Waals surface area contributed by atoms with Crippen molar-refractivity contribution in [3.8, 4) is 11.5 Å². The first kappa shape index (κ1) is 50.4. The predicted octanol–water partition coefficient (Wildman–Crippen LogP) is 11.5. The Hall–Kier alpha value is -4.03. The number of nitrogens with zero attached hydrogens (tertiary/aromatic N) is 2. The molecule has 10 nitrogen and oxygen atoms in total. The van der Waals surface area contributed by atoms with E-state index >= 15 is 4.79 Å². The summed E-state index contributed by atoms with van der Waals surface area (Å²) in [6.45, 7) is 11.7. The Bertz CT molecular complexity index is 1850. The van der Waals surface area contributed by atoms with Gasteiger partial charge in [-0.1, -0.05) is 113 Å². The second kappa shape index (κ2) is 26.3. The highest BCUT2D eigenvalue weighted by Crippen LogP contribution is 2.62. The van der Waals surface area contributed by atoms with Gasteiger partial charge in [0, 0.05) is 50.5 Å². The van der Waals surface area contributed by atoms with Crippen LogP contribution in [0.5, 0.6) is 11.5 Å². The molecule has 0 aromatic heterocycles. The topological polar surface area (TPSA) is 119 Å². The van der Waals surface area contributed by atoms with Crippen molar-refractivity contribution in [3.05, 3.63) is 96.4 Å². The SMILES string of the molecule is C=CCOc1ccc2c(c1)[C@H]1[C@H](CCCCO)[C@@H](CCCCO)C=C3C(=NOC4CCCCO4)C[C@H](N(Cc4ccc(F)cc4)C(=O)CCCCCCCCCCC)[C@@](OCC=C)(O2)[C@H]31. The number of oxime groups is 1. The lowest BCUT2D eigenvalue weighted by Gasteiger charge is -2.60. The Morgan fingerprint density at radius 3 is 2.32 bits per heavy atom. The fourth-order valence-electron chi connectivity index (χ4n) is 10.7. The molecule has 1 amide bonds. The molecule has 1 unspecified atom stereocenters. The lowest BCUT2D eigenvalue weighted by atomic mass is 9.55. The fraction of sp³-hybridized carbons (Fsp3) is 0.630. The zero-order valence-corrected chi connectivity index (χ0v) is 39.2. The maximum atomic E-state index is 15.1. The van der Waals surface area contributed by atoms with Gasteiger partial charge in [0.2, 0.25) is 18.0 Å². The van der Waals surface area contributed by atoms with Gasteiger partial charge in [0.25, 0.3) is 0 Å². The average molecular weight is 901 g/mol. The fourth-order valence-corrected chi connectivity index (χ4v) is 10.7. The summed E-state index contributed by atoms with van der Waals surface area (Å²) in [6.07, 6.45) is 23.5. The molecule has 2 aliphatic carbocycles. The number of allylic oxidation sites excluding steroid dienone is 1. The standard InChI is InChI=1S/C54H77FN2O8/c1-4-7-8-9-10-11-12-13-14-23-50(60)57(39-40-25-27-42(55)28-26-40)49-38-47(56-65-51-24-17-20-35-62-51)45-36-41(21-15-18-31-58)44(22-16-19-32-59)52-46-37-43(61-33-5-2)29-30-48(46)64-54(49,53(45)52)63-34-6-3/h5-6,25-30,36-37,41,44,49,51-53,58-59H,2-4,7-24,31-35,38-39H2,1H3/t41-,44+,49-,51?,52+,53+,54+/m0/s1. The lowest BCUT2D eigenvalue weighted by molar-refractivity contribution is -0.258. The zero-order chi connectivity index (χ0) is 45.9. The van der Waals surface area contributed by atoms with Crippen molar-refractivity contribution in [1.29, 1.82) is 0 Å². The van der Waals surface area contributed by atoms with E-state index < -0.39 is 24.0 Å². The molecule has 1 saturated carbocycles. The number of ether oxygens (including phenoxy) is 4. The smallest absolute Gasteiger partial charge is 0.239 e. The van der Waals surface area contributed by atoms with Gasteiger partial charge in [-0.2, -0.15) is 0 Å². The van der Waals surface area contributed by atoms with Gasteiger partial charge in [0.05, 0.1) is 24.8 Å². The highest BCUT2D eigenvalue weighted by Gasteiger charge is 2.65. The van der Waals surface area contributed by atoms with E-state index in [0.717, 1.165) is 93.0 Å².